The molecule has 6 nitrogen and oxygen atoms in total. The Morgan fingerprint density at radius 3 is 2.58 bits per heavy atom. The van der Waals surface area contributed by atoms with Crippen LogP contribution < -0.4 is 0 Å². The van der Waals surface area contributed by atoms with Crippen LogP contribution in [0.5, 0.6) is 0 Å². The third-order valence-electron chi connectivity index (χ3n) is 4.06. The first-order valence-electron chi connectivity index (χ1n) is 7.72. The summed E-state index contributed by atoms with van der Waals surface area (Å²) < 4.78 is 5.19. The molecule has 1 aliphatic heterocycles. The van der Waals surface area contributed by atoms with E-state index < -0.39 is 17.9 Å². The van der Waals surface area contributed by atoms with E-state index in [1.807, 2.05) is 6.07 Å². The molecule has 1 N–H and O–H groups in total. The first-order chi connectivity index (χ1) is 11.4. The molecule has 1 heterocycles. The summed E-state index contributed by atoms with van der Waals surface area (Å²) in [6.07, 6.45) is 0.0289. The number of carboxylic acid groups (broad SMARTS) is 1. The second-order valence-corrected chi connectivity index (χ2v) is 6.80. The van der Waals surface area contributed by atoms with Gasteiger partial charge in [-0.05, 0) is 0 Å². The topological polar surface area (TPSA) is 83.9 Å². The second-order valence-electron chi connectivity index (χ2n) is 5.80. The Hall–Kier alpha value is -1.86. The number of ether oxygens (including phenoxy) is 1. The summed E-state index contributed by atoms with van der Waals surface area (Å²) in [5.74, 6) is -1.41. The van der Waals surface area contributed by atoms with E-state index in [-0.39, 0.29) is 23.7 Å². The van der Waals surface area contributed by atoms with Crippen molar-refractivity contribution in [3.63, 3.8) is 0 Å². The summed E-state index contributed by atoms with van der Waals surface area (Å²) in [6.45, 7) is 1.99. The molecular formula is C17H21NO5S. The number of thioether (sulfide) groups is 1. The summed E-state index contributed by atoms with van der Waals surface area (Å²) in [5.41, 5.74) is 0.589. The van der Waals surface area contributed by atoms with Crippen LogP contribution in [0.15, 0.2) is 30.3 Å². The highest BCUT2D eigenvalue weighted by molar-refractivity contribution is 8.14. The van der Waals surface area contributed by atoms with Crippen LogP contribution in [-0.4, -0.2) is 58.6 Å². The average Bonchev–Trinajstić information content (AvgIpc) is 3.04. The number of nitrogens with zero attached hydrogens (tertiary/aromatic N) is 1. The van der Waals surface area contributed by atoms with E-state index in [0.29, 0.717) is 17.7 Å². The summed E-state index contributed by atoms with van der Waals surface area (Å²) in [5, 5.41) is 9.19. The molecule has 0 bridgehead atoms. The highest BCUT2D eigenvalue weighted by Crippen LogP contribution is 2.24. The van der Waals surface area contributed by atoms with Crippen LogP contribution in [-0.2, 0) is 14.3 Å². The van der Waals surface area contributed by atoms with Crippen molar-refractivity contribution >= 4 is 28.8 Å². The third-order valence-corrected chi connectivity index (χ3v) is 5.22. The number of benzene rings is 1. The van der Waals surface area contributed by atoms with E-state index >= 15 is 0 Å². The number of carbonyl (C=O) groups is 3. The lowest BCUT2D eigenvalue weighted by Crippen LogP contribution is -2.43. The molecule has 0 spiro atoms. The van der Waals surface area contributed by atoms with E-state index in [2.05, 4.69) is 0 Å². The number of carboxylic acids is 1. The maximum absolute atomic E-state index is 12.6. The molecule has 1 unspecified atom stereocenters. The maximum Gasteiger partial charge on any atom is 0.326 e. The van der Waals surface area contributed by atoms with Crippen molar-refractivity contribution in [2.45, 2.75) is 25.5 Å². The molecule has 3 atom stereocenters. The van der Waals surface area contributed by atoms with Crippen molar-refractivity contribution < 1.29 is 24.2 Å². The van der Waals surface area contributed by atoms with E-state index in [0.717, 1.165) is 11.8 Å². The van der Waals surface area contributed by atoms with Gasteiger partial charge < -0.3 is 14.7 Å². The molecule has 1 aromatic carbocycles. The number of amides is 1. The smallest absolute Gasteiger partial charge is 0.326 e. The SMILES string of the molecule is CO[C@H]1C[C@@H](C(=O)O)N(C(=O)C(C)CSC(=O)c2ccccc2)C1. The maximum atomic E-state index is 12.6. The van der Waals surface area contributed by atoms with Gasteiger partial charge >= 0.3 is 5.97 Å². The van der Waals surface area contributed by atoms with Crippen LogP contribution in [0, 0.1) is 5.92 Å². The van der Waals surface area contributed by atoms with Crippen LogP contribution in [0.1, 0.15) is 23.7 Å². The van der Waals surface area contributed by atoms with Gasteiger partial charge in [0.2, 0.25) is 11.0 Å². The number of methoxy groups -OCH3 is 1. The molecule has 130 valence electrons. The molecule has 0 aromatic heterocycles. The van der Waals surface area contributed by atoms with E-state index in [9.17, 15) is 19.5 Å². The minimum atomic E-state index is -1.02. The Balaban J connectivity index is 1.94. The Morgan fingerprint density at radius 1 is 1.33 bits per heavy atom. The number of hydrogen-bond donors (Lipinski definition) is 1. The van der Waals surface area contributed by atoms with Crippen LogP contribution in [0.2, 0.25) is 0 Å². The lowest BCUT2D eigenvalue weighted by molar-refractivity contribution is -0.149. The van der Waals surface area contributed by atoms with Crippen LogP contribution in [0.3, 0.4) is 0 Å². The minimum absolute atomic E-state index is 0.0961. The van der Waals surface area contributed by atoms with Crippen LogP contribution in [0.4, 0.5) is 0 Å². The molecule has 1 amide bonds. The Morgan fingerprint density at radius 2 is 2.00 bits per heavy atom. The Kier molecular flexibility index (Phi) is 6.39. The van der Waals surface area contributed by atoms with E-state index in [1.54, 1.807) is 31.2 Å². The molecule has 0 radical (unpaired) electrons. The average molecular weight is 351 g/mol. The fourth-order valence-electron chi connectivity index (χ4n) is 2.66. The molecule has 7 heteroatoms. The zero-order chi connectivity index (χ0) is 17.7. The van der Waals surface area contributed by atoms with Gasteiger partial charge in [0.25, 0.3) is 0 Å². The fraction of sp³-hybridized carbons (Fsp3) is 0.471. The van der Waals surface area contributed by atoms with Crippen molar-refractivity contribution in [3.8, 4) is 0 Å². The number of aliphatic carboxylic acids is 1. The number of likely N-dealkylation sites (tertiary alicyclic amines) is 1. The normalized spacial score (nSPS) is 21.5. The van der Waals surface area contributed by atoms with Gasteiger partial charge in [0.1, 0.15) is 6.04 Å². The standard InChI is InChI=1S/C17H21NO5S/c1-11(10-24-17(22)12-6-4-3-5-7-12)15(19)18-9-13(23-2)8-14(18)16(20)21/h3-7,11,13-14H,8-10H2,1-2H3,(H,20,21)/t11?,13-,14-/m0/s1. The lowest BCUT2D eigenvalue weighted by atomic mass is 10.1. The quantitative estimate of drug-likeness (QED) is 0.843. The van der Waals surface area contributed by atoms with Crippen molar-refractivity contribution in [2.24, 2.45) is 5.92 Å². The van der Waals surface area contributed by atoms with Crippen LogP contribution >= 0.6 is 11.8 Å². The van der Waals surface area contributed by atoms with E-state index in [1.165, 1.54) is 12.0 Å². The van der Waals surface area contributed by atoms with E-state index in [4.69, 9.17) is 4.74 Å². The van der Waals surface area contributed by atoms with Gasteiger partial charge in [-0.2, -0.15) is 0 Å². The summed E-state index contributed by atoms with van der Waals surface area (Å²) >= 11 is 1.08. The molecule has 1 aliphatic rings. The van der Waals surface area contributed by atoms with Gasteiger partial charge in [0.15, 0.2) is 0 Å². The van der Waals surface area contributed by atoms with Crippen molar-refractivity contribution in [2.75, 3.05) is 19.4 Å². The van der Waals surface area contributed by atoms with Crippen molar-refractivity contribution in [3.05, 3.63) is 35.9 Å². The summed E-state index contributed by atoms with van der Waals surface area (Å²) in [7, 11) is 1.51. The van der Waals surface area contributed by atoms with Gasteiger partial charge in [-0.3, -0.25) is 9.59 Å². The lowest BCUT2D eigenvalue weighted by Gasteiger charge is -2.24. The number of rotatable bonds is 6. The zero-order valence-corrected chi connectivity index (χ0v) is 14.5. The minimum Gasteiger partial charge on any atom is -0.480 e. The fourth-order valence-corrected chi connectivity index (χ4v) is 3.51. The first-order valence-corrected chi connectivity index (χ1v) is 8.70. The Labute approximate surface area is 145 Å². The summed E-state index contributed by atoms with van der Waals surface area (Å²) in [4.78, 5) is 37.3. The third kappa shape index (κ3) is 4.36. The number of hydrogen-bond acceptors (Lipinski definition) is 5. The molecule has 1 saturated heterocycles. The molecule has 24 heavy (non-hydrogen) atoms. The van der Waals surface area contributed by atoms with Gasteiger partial charge in [0, 0.05) is 37.3 Å². The first kappa shape index (κ1) is 18.5. The second kappa shape index (κ2) is 8.30. The van der Waals surface area contributed by atoms with Gasteiger partial charge in [-0.25, -0.2) is 4.79 Å². The Bertz CT molecular complexity index is 606. The highest BCUT2D eigenvalue weighted by Gasteiger charge is 2.41. The predicted molar refractivity (Wildman–Crippen MR) is 90.9 cm³/mol. The highest BCUT2D eigenvalue weighted by atomic mass is 32.2. The van der Waals surface area contributed by atoms with Crippen LogP contribution in [0.25, 0.3) is 0 Å². The molecule has 1 fully saturated rings. The number of carbonyl (C=O) groups excluding carboxylic acids is 2. The monoisotopic (exact) mass is 351 g/mol. The molecule has 0 aliphatic carbocycles. The molecular weight excluding hydrogens is 330 g/mol. The summed E-state index contributed by atoms with van der Waals surface area (Å²) in [6, 6.07) is 8.00. The van der Waals surface area contributed by atoms with Gasteiger partial charge in [-0.1, -0.05) is 49.0 Å². The molecule has 1 aromatic rings. The van der Waals surface area contributed by atoms with Gasteiger partial charge in [0.05, 0.1) is 6.10 Å². The molecule has 2 rings (SSSR count). The molecule has 0 saturated carbocycles. The zero-order valence-electron chi connectivity index (χ0n) is 13.7. The van der Waals surface area contributed by atoms with Crippen molar-refractivity contribution in [1.29, 1.82) is 0 Å². The largest absolute Gasteiger partial charge is 0.480 e. The van der Waals surface area contributed by atoms with Gasteiger partial charge in [-0.15, -0.1) is 0 Å². The van der Waals surface area contributed by atoms with Crippen molar-refractivity contribution in [1.82, 2.24) is 4.90 Å². The predicted octanol–water partition coefficient (Wildman–Crippen LogP) is 1.90.